The van der Waals surface area contributed by atoms with Gasteiger partial charge in [-0.25, -0.2) is 0 Å². The van der Waals surface area contributed by atoms with Crippen LogP contribution in [0.2, 0.25) is 5.02 Å². The highest BCUT2D eigenvalue weighted by Gasteiger charge is 2.35. The van der Waals surface area contributed by atoms with E-state index in [4.69, 9.17) is 22.2 Å². The van der Waals surface area contributed by atoms with Crippen LogP contribution in [0.1, 0.15) is 34.0 Å². The highest BCUT2D eigenvalue weighted by atomic mass is 35.5. The number of oxime groups is 2. The van der Waals surface area contributed by atoms with Crippen molar-refractivity contribution in [3.05, 3.63) is 81.5 Å². The van der Waals surface area contributed by atoms with E-state index in [1.54, 1.807) is 12.1 Å². The van der Waals surface area contributed by atoms with E-state index in [9.17, 15) is 22.8 Å². The summed E-state index contributed by atoms with van der Waals surface area (Å²) in [6, 6.07) is 9.35. The lowest BCUT2D eigenvalue weighted by atomic mass is 9.97. The lowest BCUT2D eigenvalue weighted by Gasteiger charge is -2.16. The Labute approximate surface area is 204 Å². The van der Waals surface area contributed by atoms with Crippen LogP contribution in [0.15, 0.2) is 64.5 Å². The second-order valence-corrected chi connectivity index (χ2v) is 7.39. The summed E-state index contributed by atoms with van der Waals surface area (Å²) in [7, 11) is 2.45. The number of ketones is 1. The van der Waals surface area contributed by atoms with E-state index < -0.39 is 35.6 Å². The molecule has 0 unspecified atom stereocenters. The number of hydrogen-bond acceptors (Lipinski definition) is 7. The Morgan fingerprint density at radius 3 is 2.37 bits per heavy atom. The van der Waals surface area contributed by atoms with Crippen LogP contribution < -0.4 is 11.1 Å². The molecule has 0 radical (unpaired) electrons. The van der Waals surface area contributed by atoms with Crippen molar-refractivity contribution in [2.75, 3.05) is 14.2 Å². The monoisotopic (exact) mass is 510 g/mol. The van der Waals surface area contributed by atoms with Gasteiger partial charge in [-0.15, -0.1) is 0 Å². The SMILES string of the molecule is CNC(=O)/C(=N/OC)c1cccc(C(F)(F)F)c1CO/N=C(C)/C(N)=C/C(=O)c1ccc(Cl)cc1. The van der Waals surface area contributed by atoms with Gasteiger partial charge in [0.1, 0.15) is 13.7 Å². The number of alkyl halides is 3. The van der Waals surface area contributed by atoms with Crippen molar-refractivity contribution in [3.63, 3.8) is 0 Å². The van der Waals surface area contributed by atoms with Gasteiger partial charge in [-0.3, -0.25) is 9.59 Å². The molecule has 3 N–H and O–H groups in total. The van der Waals surface area contributed by atoms with Crippen LogP contribution in [0.4, 0.5) is 13.2 Å². The van der Waals surface area contributed by atoms with Crippen molar-refractivity contribution in [1.29, 1.82) is 0 Å². The highest BCUT2D eigenvalue weighted by Crippen LogP contribution is 2.34. The molecule has 0 fully saturated rings. The highest BCUT2D eigenvalue weighted by molar-refractivity contribution is 6.45. The number of halogens is 4. The first-order valence-corrected chi connectivity index (χ1v) is 10.3. The summed E-state index contributed by atoms with van der Waals surface area (Å²) in [6.07, 6.45) is -3.65. The smallest absolute Gasteiger partial charge is 0.398 e. The van der Waals surface area contributed by atoms with Gasteiger partial charge in [0, 0.05) is 34.8 Å². The lowest BCUT2D eigenvalue weighted by Crippen LogP contribution is -2.30. The van der Waals surface area contributed by atoms with Gasteiger partial charge in [-0.2, -0.15) is 13.2 Å². The quantitative estimate of drug-likeness (QED) is 0.228. The Bertz CT molecular complexity index is 1180. The molecule has 35 heavy (non-hydrogen) atoms. The van der Waals surface area contributed by atoms with Crippen LogP contribution in [-0.2, 0) is 27.3 Å². The number of rotatable bonds is 9. The topological polar surface area (TPSA) is 115 Å². The summed E-state index contributed by atoms with van der Waals surface area (Å²) in [4.78, 5) is 34.3. The first-order chi connectivity index (χ1) is 16.5. The summed E-state index contributed by atoms with van der Waals surface area (Å²) < 4.78 is 41.0. The maximum atomic E-state index is 13.7. The molecule has 0 aromatic heterocycles. The van der Waals surface area contributed by atoms with Gasteiger partial charge in [0.15, 0.2) is 11.5 Å². The maximum Gasteiger partial charge on any atom is 0.416 e. The van der Waals surface area contributed by atoms with Gasteiger partial charge in [0.2, 0.25) is 0 Å². The van der Waals surface area contributed by atoms with E-state index in [1.807, 2.05) is 0 Å². The second-order valence-electron chi connectivity index (χ2n) is 6.95. The third-order valence-electron chi connectivity index (χ3n) is 4.60. The van der Waals surface area contributed by atoms with Crippen LogP contribution in [0.3, 0.4) is 0 Å². The number of hydrogen-bond donors (Lipinski definition) is 2. The molecule has 186 valence electrons. The van der Waals surface area contributed by atoms with E-state index in [0.717, 1.165) is 25.3 Å². The third kappa shape index (κ3) is 7.31. The Balaban J connectivity index is 2.34. The molecule has 1 amide bonds. The van der Waals surface area contributed by atoms with Gasteiger partial charge in [-0.1, -0.05) is 34.0 Å². The van der Waals surface area contributed by atoms with Crippen LogP contribution in [0, 0.1) is 0 Å². The Kier molecular flexibility index (Phi) is 9.41. The van der Waals surface area contributed by atoms with Crippen LogP contribution in [0.5, 0.6) is 0 Å². The summed E-state index contributed by atoms with van der Waals surface area (Å²) in [5.41, 5.74) is 4.22. The van der Waals surface area contributed by atoms with E-state index >= 15 is 0 Å². The van der Waals surface area contributed by atoms with Crippen molar-refractivity contribution >= 4 is 34.7 Å². The maximum absolute atomic E-state index is 13.7. The molecule has 2 aromatic carbocycles. The van der Waals surface area contributed by atoms with Gasteiger partial charge in [0.05, 0.1) is 17.0 Å². The Morgan fingerprint density at radius 1 is 1.14 bits per heavy atom. The standard InChI is InChI=1S/C23H22ClF3N4O4/c1-13(19(28)11-20(32)14-7-9-15(24)10-8-14)30-35-12-17-16(21(31-34-3)22(33)29-2)5-4-6-18(17)23(25,26)27/h4-11H,12,28H2,1-3H3,(H,29,33)/b19-11-,30-13+,31-21+. The number of amides is 1. The fourth-order valence-electron chi connectivity index (χ4n) is 2.84. The zero-order chi connectivity index (χ0) is 26.2. The summed E-state index contributed by atoms with van der Waals surface area (Å²) >= 11 is 5.80. The molecule has 2 aromatic rings. The lowest BCUT2D eigenvalue weighted by molar-refractivity contribution is -0.139. The summed E-state index contributed by atoms with van der Waals surface area (Å²) in [5, 5.41) is 10.0. The van der Waals surface area contributed by atoms with E-state index in [1.165, 1.54) is 32.2 Å². The van der Waals surface area contributed by atoms with Crippen molar-refractivity contribution < 1.29 is 32.4 Å². The first kappa shape index (κ1) is 27.4. The largest absolute Gasteiger partial charge is 0.416 e. The molecular formula is C23H22ClF3N4O4. The van der Waals surface area contributed by atoms with Crippen molar-refractivity contribution in [3.8, 4) is 0 Å². The molecule has 0 aliphatic heterocycles. The molecule has 0 heterocycles. The first-order valence-electron chi connectivity index (χ1n) is 9.96. The molecule has 0 spiro atoms. The van der Waals surface area contributed by atoms with E-state index in [0.29, 0.717) is 10.6 Å². The molecule has 0 aliphatic carbocycles. The van der Waals surface area contributed by atoms with Crippen LogP contribution >= 0.6 is 11.6 Å². The Hall–Kier alpha value is -3.86. The Morgan fingerprint density at radius 2 is 1.80 bits per heavy atom. The van der Waals surface area contributed by atoms with Gasteiger partial charge < -0.3 is 20.7 Å². The molecule has 2 rings (SSSR count). The average Bonchev–Trinajstić information content (AvgIpc) is 2.81. The number of nitrogens with two attached hydrogens (primary N) is 1. The molecule has 0 saturated carbocycles. The molecule has 12 heteroatoms. The number of allylic oxidation sites excluding steroid dienone is 2. The third-order valence-corrected chi connectivity index (χ3v) is 4.86. The number of benzene rings is 2. The minimum absolute atomic E-state index is 0.0513. The molecular weight excluding hydrogens is 489 g/mol. The zero-order valence-electron chi connectivity index (χ0n) is 18.9. The van der Waals surface area contributed by atoms with Gasteiger partial charge >= 0.3 is 6.18 Å². The molecule has 0 bridgehead atoms. The van der Waals surface area contributed by atoms with Crippen molar-refractivity contribution in [2.24, 2.45) is 16.0 Å². The number of nitrogens with zero attached hydrogens (tertiary/aromatic N) is 2. The average molecular weight is 511 g/mol. The molecule has 0 atom stereocenters. The predicted molar refractivity (Wildman–Crippen MR) is 125 cm³/mol. The number of carbonyl (C=O) groups is 2. The minimum atomic E-state index is -4.75. The number of nitrogens with one attached hydrogen (secondary N) is 1. The number of likely N-dealkylation sites (N-methyl/N-ethyl adjacent to an activating group) is 1. The molecule has 8 nitrogen and oxygen atoms in total. The van der Waals surface area contributed by atoms with Crippen LogP contribution in [0.25, 0.3) is 0 Å². The second kappa shape index (κ2) is 12.0. The van der Waals surface area contributed by atoms with E-state index in [2.05, 4.69) is 20.5 Å². The minimum Gasteiger partial charge on any atom is -0.398 e. The molecule has 0 aliphatic rings. The normalized spacial score (nSPS) is 12.8. The zero-order valence-corrected chi connectivity index (χ0v) is 19.7. The van der Waals surface area contributed by atoms with E-state index in [-0.39, 0.29) is 22.7 Å². The fourth-order valence-corrected chi connectivity index (χ4v) is 2.97. The van der Waals surface area contributed by atoms with Gasteiger partial charge in [0.25, 0.3) is 5.91 Å². The predicted octanol–water partition coefficient (Wildman–Crippen LogP) is 4.07. The molecule has 0 saturated heterocycles. The number of carbonyl (C=O) groups excluding carboxylic acids is 2. The fraction of sp³-hybridized carbons (Fsp3) is 0.217. The van der Waals surface area contributed by atoms with Gasteiger partial charge in [-0.05, 0) is 37.3 Å². The van der Waals surface area contributed by atoms with Crippen molar-refractivity contribution in [1.82, 2.24) is 5.32 Å². The summed E-state index contributed by atoms with van der Waals surface area (Å²) in [5.74, 6) is -1.19. The van der Waals surface area contributed by atoms with Crippen LogP contribution in [-0.4, -0.2) is 37.3 Å². The van der Waals surface area contributed by atoms with Crippen molar-refractivity contribution in [2.45, 2.75) is 19.7 Å². The summed E-state index contributed by atoms with van der Waals surface area (Å²) in [6.45, 7) is 0.736.